The number of aryl methyl sites for hydroxylation is 1. The molecule has 1 aromatic carbocycles. The van der Waals surface area contributed by atoms with Crippen LogP contribution in [0.25, 0.3) is 0 Å². The Morgan fingerprint density at radius 1 is 1.12 bits per heavy atom. The molecule has 7 heteroatoms. The number of thiazole rings is 1. The number of aromatic nitrogens is 2. The van der Waals surface area contributed by atoms with E-state index in [9.17, 15) is 4.79 Å². The van der Waals surface area contributed by atoms with Gasteiger partial charge < -0.3 is 10.6 Å². The summed E-state index contributed by atoms with van der Waals surface area (Å²) >= 11 is 7.42. The van der Waals surface area contributed by atoms with E-state index < -0.39 is 0 Å². The monoisotopic (exact) mass is 358 g/mol. The van der Waals surface area contributed by atoms with Crippen LogP contribution in [-0.4, -0.2) is 15.9 Å². The minimum Gasteiger partial charge on any atom is -0.320 e. The van der Waals surface area contributed by atoms with Crippen molar-refractivity contribution in [2.24, 2.45) is 0 Å². The summed E-state index contributed by atoms with van der Waals surface area (Å²) < 4.78 is 0. The smallest absolute Gasteiger partial charge is 0.275 e. The highest BCUT2D eigenvalue weighted by Crippen LogP contribution is 2.24. The summed E-state index contributed by atoms with van der Waals surface area (Å²) in [5, 5.41) is 8.85. The fourth-order valence-electron chi connectivity index (χ4n) is 2.09. The molecule has 1 amide bonds. The molecule has 0 aliphatic rings. The highest BCUT2D eigenvalue weighted by molar-refractivity contribution is 7.14. The molecule has 0 saturated carbocycles. The molecule has 5 nitrogen and oxygen atoms in total. The number of halogens is 1. The molecule has 0 unspecified atom stereocenters. The second kappa shape index (κ2) is 6.98. The average molecular weight is 359 g/mol. The van der Waals surface area contributed by atoms with Crippen LogP contribution in [-0.2, 0) is 0 Å². The van der Waals surface area contributed by atoms with Crippen molar-refractivity contribution in [2.75, 3.05) is 10.6 Å². The molecule has 3 rings (SSSR count). The van der Waals surface area contributed by atoms with Gasteiger partial charge in [-0.05, 0) is 43.7 Å². The second-order valence-corrected chi connectivity index (χ2v) is 6.46. The van der Waals surface area contributed by atoms with Gasteiger partial charge >= 0.3 is 0 Å². The van der Waals surface area contributed by atoms with Crippen molar-refractivity contribution in [2.45, 2.75) is 13.8 Å². The standard InChI is InChI=1S/C17H15ClN4OS/c1-10-5-3-8-15(19-10)22-17-21-14(9-24-17)16(23)20-13-7-4-6-12(18)11(13)2/h3-9H,1-2H3,(H,20,23)(H,19,21,22). The third-order valence-electron chi connectivity index (χ3n) is 3.38. The van der Waals surface area contributed by atoms with Gasteiger partial charge in [0.05, 0.1) is 0 Å². The summed E-state index contributed by atoms with van der Waals surface area (Å²) in [4.78, 5) is 21.0. The molecular formula is C17H15ClN4OS. The quantitative estimate of drug-likeness (QED) is 0.702. The number of rotatable bonds is 4. The SMILES string of the molecule is Cc1cccc(Nc2nc(C(=O)Nc3cccc(Cl)c3C)cs2)n1. The maximum absolute atomic E-state index is 12.3. The summed E-state index contributed by atoms with van der Waals surface area (Å²) in [5.74, 6) is 0.420. The van der Waals surface area contributed by atoms with E-state index in [2.05, 4.69) is 20.6 Å². The van der Waals surface area contributed by atoms with Crippen molar-refractivity contribution in [3.05, 3.63) is 63.8 Å². The molecule has 2 N–H and O–H groups in total. The van der Waals surface area contributed by atoms with Gasteiger partial charge in [-0.25, -0.2) is 9.97 Å². The van der Waals surface area contributed by atoms with E-state index in [0.717, 1.165) is 11.3 Å². The number of benzene rings is 1. The molecule has 0 saturated heterocycles. The van der Waals surface area contributed by atoms with Gasteiger partial charge in [-0.3, -0.25) is 4.79 Å². The molecular weight excluding hydrogens is 344 g/mol. The molecule has 2 aromatic heterocycles. The molecule has 0 aliphatic heterocycles. The first-order valence-corrected chi connectivity index (χ1v) is 8.51. The maximum Gasteiger partial charge on any atom is 0.275 e. The van der Waals surface area contributed by atoms with E-state index in [1.165, 1.54) is 11.3 Å². The molecule has 0 spiro atoms. The highest BCUT2D eigenvalue weighted by atomic mass is 35.5. The summed E-state index contributed by atoms with van der Waals surface area (Å²) in [6.45, 7) is 3.77. The van der Waals surface area contributed by atoms with E-state index in [-0.39, 0.29) is 5.91 Å². The molecule has 2 heterocycles. The van der Waals surface area contributed by atoms with Crippen LogP contribution >= 0.6 is 22.9 Å². The molecule has 0 radical (unpaired) electrons. The van der Waals surface area contributed by atoms with Crippen molar-refractivity contribution in [1.82, 2.24) is 9.97 Å². The number of anilines is 3. The molecule has 0 bridgehead atoms. The van der Waals surface area contributed by atoms with Gasteiger partial charge in [-0.2, -0.15) is 0 Å². The van der Waals surface area contributed by atoms with Gasteiger partial charge in [0.25, 0.3) is 5.91 Å². The van der Waals surface area contributed by atoms with Crippen molar-refractivity contribution in [3.63, 3.8) is 0 Å². The van der Waals surface area contributed by atoms with Crippen LogP contribution in [0.5, 0.6) is 0 Å². The summed E-state index contributed by atoms with van der Waals surface area (Å²) in [6, 6.07) is 11.1. The third-order valence-corrected chi connectivity index (χ3v) is 4.54. The summed E-state index contributed by atoms with van der Waals surface area (Å²) in [6.07, 6.45) is 0. The van der Waals surface area contributed by atoms with Crippen LogP contribution in [0, 0.1) is 13.8 Å². The number of hydrogen-bond donors (Lipinski definition) is 2. The predicted molar refractivity (Wildman–Crippen MR) is 98.5 cm³/mol. The molecule has 0 aliphatic carbocycles. The molecule has 0 atom stereocenters. The Morgan fingerprint density at radius 2 is 1.92 bits per heavy atom. The zero-order valence-electron chi connectivity index (χ0n) is 13.1. The normalized spacial score (nSPS) is 10.5. The Kier molecular flexibility index (Phi) is 4.78. The third kappa shape index (κ3) is 3.72. The van der Waals surface area contributed by atoms with Crippen molar-refractivity contribution in [1.29, 1.82) is 0 Å². The zero-order chi connectivity index (χ0) is 17.1. The largest absolute Gasteiger partial charge is 0.320 e. The van der Waals surface area contributed by atoms with Crippen molar-refractivity contribution >= 4 is 45.5 Å². The zero-order valence-corrected chi connectivity index (χ0v) is 14.7. The number of carbonyl (C=O) groups is 1. The van der Waals surface area contributed by atoms with Gasteiger partial charge in [0.1, 0.15) is 11.5 Å². The van der Waals surface area contributed by atoms with E-state index in [0.29, 0.717) is 27.4 Å². The van der Waals surface area contributed by atoms with Crippen LogP contribution in [0.15, 0.2) is 41.8 Å². The van der Waals surface area contributed by atoms with Gasteiger partial charge in [0.15, 0.2) is 5.13 Å². The molecule has 3 aromatic rings. The average Bonchev–Trinajstić information content (AvgIpc) is 3.00. The molecule has 122 valence electrons. The lowest BCUT2D eigenvalue weighted by Crippen LogP contribution is -2.13. The Hall–Kier alpha value is -2.44. The number of carbonyl (C=O) groups excluding carboxylic acids is 1. The number of nitrogens with zero attached hydrogens (tertiary/aromatic N) is 2. The minimum atomic E-state index is -0.276. The first-order valence-electron chi connectivity index (χ1n) is 7.25. The first kappa shape index (κ1) is 16.4. The van der Waals surface area contributed by atoms with E-state index in [1.54, 1.807) is 23.6 Å². The topological polar surface area (TPSA) is 66.9 Å². The molecule has 24 heavy (non-hydrogen) atoms. The summed E-state index contributed by atoms with van der Waals surface area (Å²) in [5.41, 5.74) is 2.75. The van der Waals surface area contributed by atoms with E-state index >= 15 is 0 Å². The Labute approximate surface area is 148 Å². The Balaban J connectivity index is 1.73. The lowest BCUT2D eigenvalue weighted by atomic mass is 10.2. The highest BCUT2D eigenvalue weighted by Gasteiger charge is 2.13. The van der Waals surface area contributed by atoms with Crippen LogP contribution in [0.1, 0.15) is 21.7 Å². The number of nitrogens with one attached hydrogen (secondary N) is 2. The Bertz CT molecular complexity index is 894. The van der Waals surface area contributed by atoms with Crippen LogP contribution in [0.4, 0.5) is 16.6 Å². The van der Waals surface area contributed by atoms with Crippen molar-refractivity contribution < 1.29 is 4.79 Å². The van der Waals surface area contributed by atoms with E-state index in [4.69, 9.17) is 11.6 Å². The molecule has 0 fully saturated rings. The van der Waals surface area contributed by atoms with Crippen molar-refractivity contribution in [3.8, 4) is 0 Å². The maximum atomic E-state index is 12.3. The van der Waals surface area contributed by atoms with Crippen LogP contribution < -0.4 is 10.6 Å². The second-order valence-electron chi connectivity index (χ2n) is 5.19. The predicted octanol–water partition coefficient (Wildman–Crippen LogP) is 4.80. The number of pyridine rings is 1. The van der Waals surface area contributed by atoms with Crippen LogP contribution in [0.3, 0.4) is 0 Å². The van der Waals surface area contributed by atoms with E-state index in [1.807, 2.05) is 32.0 Å². The summed E-state index contributed by atoms with van der Waals surface area (Å²) in [7, 11) is 0. The lowest BCUT2D eigenvalue weighted by molar-refractivity contribution is 0.102. The van der Waals surface area contributed by atoms with Gasteiger partial charge in [0.2, 0.25) is 0 Å². The Morgan fingerprint density at radius 3 is 2.71 bits per heavy atom. The number of amides is 1. The van der Waals surface area contributed by atoms with Gasteiger partial charge in [-0.1, -0.05) is 23.7 Å². The number of hydrogen-bond acceptors (Lipinski definition) is 5. The van der Waals surface area contributed by atoms with Gasteiger partial charge in [0, 0.05) is 21.8 Å². The van der Waals surface area contributed by atoms with Gasteiger partial charge in [-0.15, -0.1) is 11.3 Å². The minimum absolute atomic E-state index is 0.276. The van der Waals surface area contributed by atoms with Crippen LogP contribution in [0.2, 0.25) is 5.02 Å². The fraction of sp³-hybridized carbons (Fsp3) is 0.118. The lowest BCUT2D eigenvalue weighted by Gasteiger charge is -2.08. The first-order chi connectivity index (χ1) is 11.5. The fourth-order valence-corrected chi connectivity index (χ4v) is 2.96.